The number of rotatable bonds is 5. The fraction of sp³-hybridized carbons (Fsp3) is 0.250. The number of aromatic nitrogens is 4. The molecule has 2 N–H and O–H groups in total. The normalized spacial score (nSPS) is 11.8. The van der Waals surface area contributed by atoms with Crippen LogP contribution in [0.2, 0.25) is 0 Å². The second-order valence-corrected chi connectivity index (χ2v) is 4.22. The molecule has 1 atom stereocenters. The third-order valence-corrected chi connectivity index (χ3v) is 2.73. The van der Waals surface area contributed by atoms with Crippen molar-refractivity contribution in [2.75, 3.05) is 6.54 Å². The van der Waals surface area contributed by atoms with Crippen LogP contribution in [0.1, 0.15) is 17.3 Å². The summed E-state index contributed by atoms with van der Waals surface area (Å²) in [5, 5.41) is 22.1. The van der Waals surface area contributed by atoms with Crippen molar-refractivity contribution in [2.45, 2.75) is 6.92 Å². The van der Waals surface area contributed by atoms with E-state index >= 15 is 0 Å². The molecule has 8 nitrogen and oxygen atoms in total. The summed E-state index contributed by atoms with van der Waals surface area (Å²) >= 11 is 0. The maximum Gasteiger partial charge on any atom is 0.308 e. The second kappa shape index (κ2) is 5.91. The molecule has 20 heavy (non-hydrogen) atoms. The van der Waals surface area contributed by atoms with Crippen molar-refractivity contribution in [2.24, 2.45) is 5.92 Å². The Morgan fingerprint density at radius 2 is 2.15 bits per heavy atom. The first kappa shape index (κ1) is 13.7. The van der Waals surface area contributed by atoms with Crippen molar-refractivity contribution in [1.82, 2.24) is 25.5 Å². The molecular formula is C12H13N5O3. The second-order valence-electron chi connectivity index (χ2n) is 4.22. The summed E-state index contributed by atoms with van der Waals surface area (Å²) in [6, 6.07) is 6.79. The molecule has 0 radical (unpaired) electrons. The number of amides is 1. The van der Waals surface area contributed by atoms with E-state index in [4.69, 9.17) is 5.11 Å². The molecule has 0 fully saturated rings. The minimum Gasteiger partial charge on any atom is -0.481 e. The van der Waals surface area contributed by atoms with Crippen molar-refractivity contribution < 1.29 is 14.7 Å². The average Bonchev–Trinajstić information content (AvgIpc) is 2.98. The number of tetrazole rings is 1. The van der Waals surface area contributed by atoms with Gasteiger partial charge in [-0.25, -0.2) is 0 Å². The van der Waals surface area contributed by atoms with E-state index in [1.807, 2.05) is 0 Å². The molecule has 0 saturated heterocycles. The van der Waals surface area contributed by atoms with Crippen molar-refractivity contribution in [3.05, 3.63) is 36.2 Å². The van der Waals surface area contributed by atoms with Crippen LogP contribution in [0.5, 0.6) is 0 Å². The number of nitrogens with one attached hydrogen (secondary N) is 1. The lowest BCUT2D eigenvalue weighted by molar-refractivity contribution is -0.140. The lowest BCUT2D eigenvalue weighted by atomic mass is 10.1. The fourth-order valence-corrected chi connectivity index (χ4v) is 1.57. The predicted octanol–water partition coefficient (Wildman–Crippen LogP) is 0.113. The first-order chi connectivity index (χ1) is 9.59. The first-order valence-electron chi connectivity index (χ1n) is 5.93. The Morgan fingerprint density at radius 3 is 2.80 bits per heavy atom. The van der Waals surface area contributed by atoms with E-state index in [-0.39, 0.29) is 12.5 Å². The number of para-hydroxylation sites is 1. The highest BCUT2D eigenvalue weighted by Crippen LogP contribution is 2.12. The largest absolute Gasteiger partial charge is 0.481 e. The summed E-state index contributed by atoms with van der Waals surface area (Å²) in [6.45, 7) is 1.58. The van der Waals surface area contributed by atoms with Crippen LogP contribution >= 0.6 is 0 Å². The lowest BCUT2D eigenvalue weighted by Crippen LogP contribution is -2.32. The van der Waals surface area contributed by atoms with Gasteiger partial charge in [0.25, 0.3) is 5.91 Å². The number of hydrogen-bond acceptors (Lipinski definition) is 5. The summed E-state index contributed by atoms with van der Waals surface area (Å²) in [6.07, 6.45) is 1.38. The highest BCUT2D eigenvalue weighted by atomic mass is 16.4. The highest BCUT2D eigenvalue weighted by Gasteiger charge is 2.16. The van der Waals surface area contributed by atoms with E-state index < -0.39 is 11.9 Å². The maximum absolute atomic E-state index is 12.1. The van der Waals surface area contributed by atoms with Gasteiger partial charge in [-0.1, -0.05) is 19.1 Å². The molecule has 0 aliphatic heterocycles. The zero-order valence-electron chi connectivity index (χ0n) is 10.7. The number of aliphatic carboxylic acids is 1. The molecular weight excluding hydrogens is 262 g/mol. The Bertz CT molecular complexity index is 611. The number of carboxylic acids is 1. The molecule has 1 amide bonds. The molecule has 0 aliphatic carbocycles. The van der Waals surface area contributed by atoms with E-state index in [9.17, 15) is 9.59 Å². The Morgan fingerprint density at radius 1 is 1.40 bits per heavy atom. The van der Waals surface area contributed by atoms with Gasteiger partial charge in [0, 0.05) is 6.54 Å². The lowest BCUT2D eigenvalue weighted by Gasteiger charge is -2.11. The zero-order chi connectivity index (χ0) is 14.5. The van der Waals surface area contributed by atoms with Crippen LogP contribution in [0.15, 0.2) is 30.6 Å². The van der Waals surface area contributed by atoms with Crippen LogP contribution in [0, 0.1) is 5.92 Å². The Labute approximate surface area is 114 Å². The van der Waals surface area contributed by atoms with Gasteiger partial charge in [0.1, 0.15) is 6.33 Å². The van der Waals surface area contributed by atoms with E-state index in [0.29, 0.717) is 11.3 Å². The molecule has 8 heteroatoms. The van der Waals surface area contributed by atoms with Gasteiger partial charge in [-0.2, -0.15) is 4.68 Å². The third kappa shape index (κ3) is 2.97. The van der Waals surface area contributed by atoms with Crippen LogP contribution in [0.25, 0.3) is 5.69 Å². The highest BCUT2D eigenvalue weighted by molar-refractivity contribution is 5.97. The molecule has 0 saturated carbocycles. The molecule has 0 aliphatic rings. The minimum atomic E-state index is -0.959. The average molecular weight is 275 g/mol. The zero-order valence-corrected chi connectivity index (χ0v) is 10.7. The summed E-state index contributed by atoms with van der Waals surface area (Å²) < 4.78 is 1.37. The molecule has 0 spiro atoms. The maximum atomic E-state index is 12.1. The monoisotopic (exact) mass is 275 g/mol. The van der Waals surface area contributed by atoms with Gasteiger partial charge in [0.05, 0.1) is 17.2 Å². The van der Waals surface area contributed by atoms with E-state index in [2.05, 4.69) is 20.8 Å². The Hall–Kier alpha value is -2.77. The topological polar surface area (TPSA) is 110 Å². The fourth-order valence-electron chi connectivity index (χ4n) is 1.57. The molecule has 0 bridgehead atoms. The first-order valence-corrected chi connectivity index (χ1v) is 5.93. The van der Waals surface area contributed by atoms with Crippen LogP contribution < -0.4 is 5.32 Å². The van der Waals surface area contributed by atoms with Crippen LogP contribution in [-0.2, 0) is 4.79 Å². The molecule has 1 aromatic heterocycles. The Balaban J connectivity index is 2.17. The van der Waals surface area contributed by atoms with E-state index in [1.165, 1.54) is 17.9 Å². The van der Waals surface area contributed by atoms with Crippen LogP contribution in [0.3, 0.4) is 0 Å². The number of nitrogens with zero attached hydrogens (tertiary/aromatic N) is 4. The molecule has 1 unspecified atom stereocenters. The smallest absolute Gasteiger partial charge is 0.308 e. The van der Waals surface area contributed by atoms with Gasteiger partial charge in [-0.3, -0.25) is 9.59 Å². The quantitative estimate of drug-likeness (QED) is 0.801. The van der Waals surface area contributed by atoms with Gasteiger partial charge in [-0.05, 0) is 22.6 Å². The molecule has 2 rings (SSSR count). The molecule has 1 heterocycles. The SMILES string of the molecule is CC(CNC(=O)c1ccccc1-n1cnnn1)C(=O)O. The van der Waals surface area contributed by atoms with Gasteiger partial charge in [0.2, 0.25) is 0 Å². The summed E-state index contributed by atoms with van der Waals surface area (Å²) in [7, 11) is 0. The van der Waals surface area contributed by atoms with Gasteiger partial charge in [-0.15, -0.1) is 5.10 Å². The van der Waals surface area contributed by atoms with Crippen molar-refractivity contribution in [1.29, 1.82) is 0 Å². The van der Waals surface area contributed by atoms with Crippen molar-refractivity contribution in [3.63, 3.8) is 0 Å². The van der Waals surface area contributed by atoms with E-state index in [0.717, 1.165) is 0 Å². The summed E-state index contributed by atoms with van der Waals surface area (Å²) in [5.74, 6) is -1.98. The van der Waals surface area contributed by atoms with Gasteiger partial charge >= 0.3 is 5.97 Å². The standard InChI is InChI=1S/C12H13N5O3/c1-8(12(19)20)6-13-11(18)9-4-2-3-5-10(9)17-7-14-15-16-17/h2-5,7-8H,6H2,1H3,(H,13,18)(H,19,20). The Kier molecular flexibility index (Phi) is 4.04. The number of carbonyl (C=O) groups excluding carboxylic acids is 1. The number of hydrogen-bond donors (Lipinski definition) is 2. The van der Waals surface area contributed by atoms with Gasteiger partial charge < -0.3 is 10.4 Å². The number of carbonyl (C=O) groups is 2. The summed E-state index contributed by atoms with van der Waals surface area (Å²) in [4.78, 5) is 22.8. The number of carboxylic acid groups (broad SMARTS) is 1. The predicted molar refractivity (Wildman–Crippen MR) is 68.3 cm³/mol. The molecule has 2 aromatic rings. The van der Waals surface area contributed by atoms with Crippen LogP contribution in [-0.4, -0.2) is 43.7 Å². The van der Waals surface area contributed by atoms with Gasteiger partial charge in [0.15, 0.2) is 0 Å². The van der Waals surface area contributed by atoms with Crippen molar-refractivity contribution in [3.8, 4) is 5.69 Å². The third-order valence-electron chi connectivity index (χ3n) is 2.73. The van der Waals surface area contributed by atoms with Crippen LogP contribution in [0.4, 0.5) is 0 Å². The molecule has 1 aromatic carbocycles. The number of benzene rings is 1. The van der Waals surface area contributed by atoms with Crippen molar-refractivity contribution >= 4 is 11.9 Å². The summed E-state index contributed by atoms with van der Waals surface area (Å²) in [5.41, 5.74) is 0.898. The van der Waals surface area contributed by atoms with E-state index in [1.54, 1.807) is 24.3 Å². The molecule has 104 valence electrons. The minimum absolute atomic E-state index is 0.0537.